The smallest absolute Gasteiger partial charge is 0.338 e. The number of methoxy groups -OCH3 is 1. The molecule has 148 valence electrons. The van der Waals surface area contributed by atoms with E-state index in [4.69, 9.17) is 14.2 Å². The second-order valence-electron chi connectivity index (χ2n) is 6.71. The maximum Gasteiger partial charge on any atom is 0.338 e. The second-order valence-corrected chi connectivity index (χ2v) is 9.03. The molecule has 0 aromatic heterocycles. The van der Waals surface area contributed by atoms with Crippen molar-refractivity contribution in [2.24, 2.45) is 0 Å². The Morgan fingerprint density at radius 2 is 1.68 bits per heavy atom. The highest BCUT2D eigenvalue weighted by Gasteiger charge is 2.18. The average molecular weight is 402 g/mol. The zero-order chi connectivity index (χ0) is 20.1. The molecule has 0 saturated heterocycles. The van der Waals surface area contributed by atoms with Gasteiger partial charge in [0.1, 0.15) is 17.2 Å². The van der Waals surface area contributed by atoms with Gasteiger partial charge in [0.25, 0.3) is 0 Å². The van der Waals surface area contributed by atoms with Crippen LogP contribution in [0.3, 0.4) is 0 Å². The first-order chi connectivity index (χ1) is 13.4. The Balaban J connectivity index is 1.86. The van der Waals surface area contributed by atoms with Gasteiger partial charge in [0.2, 0.25) is 0 Å². The van der Waals surface area contributed by atoms with E-state index in [2.05, 4.69) is 0 Å². The standard InChI is InChI=1S/C21H22O6S/c1-25-21(23)15-11-18(26-16-5-3-4-6-16)13-19(12-15)27-17-7-9-20(10-8-17)28(2,24)14-22/h7-13,16H,3-6H2,1-2H3. The average Bonchev–Trinajstić information content (AvgIpc) is 3.20. The Hall–Kier alpha value is -2.76. The molecule has 7 heteroatoms. The molecule has 0 aliphatic heterocycles. The Kier molecular flexibility index (Phi) is 6.07. The molecule has 1 atom stereocenters. The summed E-state index contributed by atoms with van der Waals surface area (Å²) in [5.74, 6) is 0.958. The highest BCUT2D eigenvalue weighted by atomic mass is 32.2. The van der Waals surface area contributed by atoms with Crippen LogP contribution >= 0.6 is 0 Å². The molecular weight excluding hydrogens is 380 g/mol. The number of ether oxygens (including phenoxy) is 3. The first-order valence-electron chi connectivity index (χ1n) is 8.97. The normalized spacial score (nSPS) is 16.1. The van der Waals surface area contributed by atoms with Crippen LogP contribution in [0.1, 0.15) is 36.0 Å². The van der Waals surface area contributed by atoms with Crippen LogP contribution in [0.15, 0.2) is 47.4 Å². The third-order valence-electron chi connectivity index (χ3n) is 4.57. The molecule has 1 aliphatic carbocycles. The van der Waals surface area contributed by atoms with Gasteiger partial charge in [-0.3, -0.25) is 4.21 Å². The fraction of sp³-hybridized carbons (Fsp3) is 0.333. The minimum absolute atomic E-state index is 0.136. The molecule has 1 unspecified atom stereocenters. The highest BCUT2D eigenvalue weighted by molar-refractivity contribution is 8.00. The fourth-order valence-corrected chi connectivity index (χ4v) is 3.84. The number of carbonyl (C=O) groups excluding carboxylic acids is 2. The van der Waals surface area contributed by atoms with E-state index in [1.807, 2.05) is 0 Å². The molecule has 1 saturated carbocycles. The summed E-state index contributed by atoms with van der Waals surface area (Å²) in [6, 6.07) is 11.3. The summed E-state index contributed by atoms with van der Waals surface area (Å²) in [5.41, 5.74) is 0.330. The molecule has 0 bridgehead atoms. The number of benzene rings is 2. The molecule has 2 aromatic carbocycles. The lowest BCUT2D eigenvalue weighted by Crippen LogP contribution is -2.11. The third kappa shape index (κ3) is 4.74. The summed E-state index contributed by atoms with van der Waals surface area (Å²) >= 11 is 0. The second kappa shape index (κ2) is 8.50. The summed E-state index contributed by atoms with van der Waals surface area (Å²) in [6.07, 6.45) is 5.72. The van der Waals surface area contributed by atoms with Crippen molar-refractivity contribution in [3.63, 3.8) is 0 Å². The van der Waals surface area contributed by atoms with Crippen molar-refractivity contribution in [3.8, 4) is 17.2 Å². The molecule has 28 heavy (non-hydrogen) atoms. The van der Waals surface area contributed by atoms with Crippen molar-refractivity contribution < 1.29 is 28.0 Å². The van der Waals surface area contributed by atoms with Gasteiger partial charge >= 0.3 is 5.97 Å². The van der Waals surface area contributed by atoms with Gasteiger partial charge in [0.05, 0.1) is 28.3 Å². The molecule has 0 spiro atoms. The van der Waals surface area contributed by atoms with Crippen molar-refractivity contribution in [1.29, 1.82) is 0 Å². The van der Waals surface area contributed by atoms with Gasteiger partial charge in [-0.15, -0.1) is 0 Å². The van der Waals surface area contributed by atoms with Crippen LogP contribution in [-0.2, 0) is 19.1 Å². The van der Waals surface area contributed by atoms with Gasteiger partial charge in [-0.1, -0.05) is 0 Å². The van der Waals surface area contributed by atoms with E-state index in [0.29, 0.717) is 27.7 Å². The molecule has 1 aliphatic rings. The number of rotatable bonds is 6. The Morgan fingerprint density at radius 1 is 1.04 bits per heavy atom. The molecule has 3 rings (SSSR count). The van der Waals surface area contributed by atoms with Crippen LogP contribution in [0.25, 0.3) is 0 Å². The number of carbonyl (C=O) groups is 1. The Labute approximate surface area is 164 Å². The number of hydrogen-bond donors (Lipinski definition) is 0. The molecule has 0 heterocycles. The van der Waals surface area contributed by atoms with E-state index in [1.54, 1.807) is 47.7 Å². The van der Waals surface area contributed by atoms with E-state index in [9.17, 15) is 13.8 Å². The zero-order valence-corrected chi connectivity index (χ0v) is 16.6. The maximum absolute atomic E-state index is 12.1. The quantitative estimate of drug-likeness (QED) is 0.538. The lowest BCUT2D eigenvalue weighted by atomic mass is 10.2. The molecule has 0 N–H and O–H groups in total. The van der Waals surface area contributed by atoms with Gasteiger partial charge in [-0.05, 0) is 62.1 Å². The molecule has 6 nitrogen and oxygen atoms in total. The maximum atomic E-state index is 12.1. The molecule has 0 radical (unpaired) electrons. The van der Waals surface area contributed by atoms with Crippen LogP contribution in [0, 0.1) is 0 Å². The van der Waals surface area contributed by atoms with Crippen LogP contribution in [0.5, 0.6) is 17.2 Å². The topological polar surface area (TPSA) is 78.9 Å². The minimum Gasteiger partial charge on any atom is -0.490 e. The predicted octanol–water partition coefficient (Wildman–Crippen LogP) is 3.93. The molecule has 0 amide bonds. The molecule has 2 aromatic rings. The van der Waals surface area contributed by atoms with Crippen molar-refractivity contribution in [2.75, 3.05) is 13.4 Å². The van der Waals surface area contributed by atoms with E-state index >= 15 is 0 Å². The van der Waals surface area contributed by atoms with E-state index in [1.165, 1.54) is 13.4 Å². The first-order valence-corrected chi connectivity index (χ1v) is 10.9. The lowest BCUT2D eigenvalue weighted by molar-refractivity contribution is 0.0599. The Morgan fingerprint density at radius 3 is 2.29 bits per heavy atom. The molecular formula is C21H22O6S. The van der Waals surface area contributed by atoms with Crippen molar-refractivity contribution in [2.45, 2.75) is 36.7 Å². The highest BCUT2D eigenvalue weighted by Crippen LogP contribution is 2.31. The lowest BCUT2D eigenvalue weighted by Gasteiger charge is -2.15. The number of esters is 1. The molecule has 1 fully saturated rings. The minimum atomic E-state index is -2.82. The Bertz CT molecular complexity index is 992. The predicted molar refractivity (Wildman–Crippen MR) is 105 cm³/mol. The summed E-state index contributed by atoms with van der Waals surface area (Å²) in [5, 5.41) is 1.56. The third-order valence-corrected chi connectivity index (χ3v) is 6.06. The van der Waals surface area contributed by atoms with Crippen LogP contribution < -0.4 is 9.47 Å². The van der Waals surface area contributed by atoms with Gasteiger partial charge in [0, 0.05) is 17.2 Å². The van der Waals surface area contributed by atoms with Crippen molar-refractivity contribution in [1.82, 2.24) is 0 Å². The fourth-order valence-electron chi connectivity index (χ4n) is 3.08. The van der Waals surface area contributed by atoms with Crippen LogP contribution in [0.2, 0.25) is 0 Å². The summed E-state index contributed by atoms with van der Waals surface area (Å²) in [4.78, 5) is 23.2. The van der Waals surface area contributed by atoms with Crippen molar-refractivity contribution >= 4 is 20.7 Å². The van der Waals surface area contributed by atoms with Gasteiger partial charge in [-0.25, -0.2) is 9.59 Å². The van der Waals surface area contributed by atoms with Crippen LogP contribution in [-0.4, -0.2) is 34.9 Å². The monoisotopic (exact) mass is 402 g/mol. The van der Waals surface area contributed by atoms with Crippen LogP contribution in [0.4, 0.5) is 0 Å². The zero-order valence-electron chi connectivity index (χ0n) is 15.8. The summed E-state index contributed by atoms with van der Waals surface area (Å²) in [6.45, 7) is 0. The first kappa shape index (κ1) is 20.0. The van der Waals surface area contributed by atoms with Gasteiger partial charge < -0.3 is 14.2 Å². The van der Waals surface area contributed by atoms with Crippen molar-refractivity contribution in [3.05, 3.63) is 48.0 Å². The summed E-state index contributed by atoms with van der Waals surface area (Å²) < 4.78 is 28.7. The number of hydrogen-bond acceptors (Lipinski definition) is 6. The SMILES string of the molecule is COC(=O)c1cc(Oc2ccc(S(C)(=O)=C=O)cc2)cc(OC2CCCC2)c1. The summed E-state index contributed by atoms with van der Waals surface area (Å²) in [7, 11) is -1.50. The van der Waals surface area contributed by atoms with Gasteiger partial charge in [-0.2, -0.15) is 0 Å². The van der Waals surface area contributed by atoms with E-state index in [-0.39, 0.29) is 6.10 Å². The largest absolute Gasteiger partial charge is 0.490 e. The van der Waals surface area contributed by atoms with E-state index < -0.39 is 15.5 Å². The van der Waals surface area contributed by atoms with E-state index in [0.717, 1.165) is 25.7 Å². The van der Waals surface area contributed by atoms with Gasteiger partial charge in [0.15, 0.2) is 5.23 Å².